The summed E-state index contributed by atoms with van der Waals surface area (Å²) in [6.07, 6.45) is 0. The second-order valence-electron chi connectivity index (χ2n) is 2.74. The third kappa shape index (κ3) is 2.75. The monoisotopic (exact) mass is 226 g/mol. The van der Waals surface area contributed by atoms with Crippen molar-refractivity contribution < 1.29 is 9.47 Å². The zero-order chi connectivity index (χ0) is 11.3. The van der Waals surface area contributed by atoms with Gasteiger partial charge in [-0.1, -0.05) is 11.6 Å². The molecule has 1 rings (SSSR count). The summed E-state index contributed by atoms with van der Waals surface area (Å²) in [7, 11) is 1.49. The maximum Gasteiger partial charge on any atom is 0.179 e. The van der Waals surface area contributed by atoms with Gasteiger partial charge >= 0.3 is 0 Å². The van der Waals surface area contributed by atoms with Gasteiger partial charge in [-0.2, -0.15) is 5.26 Å². The molecule has 0 heterocycles. The van der Waals surface area contributed by atoms with Gasteiger partial charge in [-0.05, 0) is 6.07 Å². The number of halogens is 1. The Kier molecular flexibility index (Phi) is 4.22. The minimum Gasteiger partial charge on any atom is -0.493 e. The fraction of sp³-hybridized carbons (Fsp3) is 0.300. The zero-order valence-electron chi connectivity index (χ0n) is 8.29. The Hall–Kier alpha value is -1.44. The summed E-state index contributed by atoms with van der Waals surface area (Å²) in [6, 6.07) is 5.07. The summed E-state index contributed by atoms with van der Waals surface area (Å²) in [6.45, 7) is 0.738. The average molecular weight is 227 g/mol. The van der Waals surface area contributed by atoms with Crippen LogP contribution in [-0.2, 0) is 0 Å². The van der Waals surface area contributed by atoms with Crippen molar-refractivity contribution in [3.8, 4) is 17.6 Å². The molecule has 0 aliphatic heterocycles. The van der Waals surface area contributed by atoms with E-state index in [2.05, 4.69) is 0 Å². The fourth-order valence-corrected chi connectivity index (χ4v) is 1.35. The number of nitrogens with zero attached hydrogens (tertiary/aromatic N) is 1. The highest BCUT2D eigenvalue weighted by Gasteiger charge is 2.11. The minimum atomic E-state index is 0.347. The summed E-state index contributed by atoms with van der Waals surface area (Å²) in [5.41, 5.74) is 5.74. The second kappa shape index (κ2) is 5.44. The van der Waals surface area contributed by atoms with Gasteiger partial charge in [-0.3, -0.25) is 0 Å². The topological polar surface area (TPSA) is 68.3 Å². The third-order valence-electron chi connectivity index (χ3n) is 1.72. The molecule has 0 radical (unpaired) electrons. The van der Waals surface area contributed by atoms with E-state index in [4.69, 9.17) is 32.1 Å². The lowest BCUT2D eigenvalue weighted by Gasteiger charge is -2.11. The third-order valence-corrected chi connectivity index (χ3v) is 2.00. The molecule has 0 amide bonds. The molecule has 0 aromatic heterocycles. The number of benzene rings is 1. The predicted molar refractivity (Wildman–Crippen MR) is 57.3 cm³/mol. The lowest BCUT2D eigenvalue weighted by Crippen LogP contribution is -2.11. The van der Waals surface area contributed by atoms with E-state index in [1.807, 2.05) is 6.07 Å². The standard InChI is InChI=1S/C10H11ClN2O2/c1-14-9-5-7(6-13)4-8(11)10(9)15-3-2-12/h4-5H,2-3,12H2,1H3. The van der Waals surface area contributed by atoms with Crippen LogP contribution in [0.1, 0.15) is 5.56 Å². The second-order valence-corrected chi connectivity index (χ2v) is 3.15. The first-order valence-electron chi connectivity index (χ1n) is 4.33. The lowest BCUT2D eigenvalue weighted by atomic mass is 10.2. The first-order valence-corrected chi connectivity index (χ1v) is 4.71. The molecule has 5 heteroatoms. The number of hydrogen-bond donors (Lipinski definition) is 1. The van der Waals surface area contributed by atoms with E-state index >= 15 is 0 Å². The molecule has 0 aliphatic rings. The molecule has 15 heavy (non-hydrogen) atoms. The van der Waals surface area contributed by atoms with Gasteiger partial charge in [0.05, 0.1) is 23.8 Å². The molecule has 0 atom stereocenters. The Bertz CT molecular complexity index is 388. The summed E-state index contributed by atoms with van der Waals surface area (Å²) in [5, 5.41) is 9.07. The Morgan fingerprint density at radius 3 is 2.80 bits per heavy atom. The predicted octanol–water partition coefficient (Wildman–Crippen LogP) is 1.56. The Balaban J connectivity index is 3.08. The van der Waals surface area contributed by atoms with Gasteiger partial charge in [0.15, 0.2) is 11.5 Å². The first kappa shape index (κ1) is 11.6. The number of nitrogens with two attached hydrogens (primary N) is 1. The highest BCUT2D eigenvalue weighted by molar-refractivity contribution is 6.32. The van der Waals surface area contributed by atoms with Crippen LogP contribution >= 0.6 is 11.6 Å². The largest absolute Gasteiger partial charge is 0.493 e. The van der Waals surface area contributed by atoms with Crippen molar-refractivity contribution >= 4 is 11.6 Å². The van der Waals surface area contributed by atoms with Crippen LogP contribution in [0.3, 0.4) is 0 Å². The van der Waals surface area contributed by atoms with E-state index in [9.17, 15) is 0 Å². The van der Waals surface area contributed by atoms with Crippen molar-refractivity contribution in [2.75, 3.05) is 20.3 Å². The van der Waals surface area contributed by atoms with E-state index in [0.29, 0.717) is 35.2 Å². The molecule has 0 saturated carbocycles. The number of methoxy groups -OCH3 is 1. The molecular weight excluding hydrogens is 216 g/mol. The molecule has 0 unspecified atom stereocenters. The van der Waals surface area contributed by atoms with Crippen molar-refractivity contribution in [3.63, 3.8) is 0 Å². The molecular formula is C10H11ClN2O2. The van der Waals surface area contributed by atoms with E-state index in [-0.39, 0.29) is 0 Å². The van der Waals surface area contributed by atoms with Crippen LogP contribution in [0.4, 0.5) is 0 Å². The molecule has 0 fully saturated rings. The Labute approximate surface area is 93.2 Å². The highest BCUT2D eigenvalue weighted by atomic mass is 35.5. The van der Waals surface area contributed by atoms with Gasteiger partial charge in [0.25, 0.3) is 0 Å². The van der Waals surface area contributed by atoms with E-state index in [1.165, 1.54) is 13.2 Å². The Morgan fingerprint density at radius 2 is 2.27 bits per heavy atom. The summed E-state index contributed by atoms with van der Waals surface area (Å²) < 4.78 is 10.4. The number of rotatable bonds is 4. The zero-order valence-corrected chi connectivity index (χ0v) is 9.04. The first-order chi connectivity index (χ1) is 7.22. The molecule has 80 valence electrons. The maximum atomic E-state index is 8.72. The van der Waals surface area contributed by atoms with Gasteiger partial charge in [0.2, 0.25) is 0 Å². The smallest absolute Gasteiger partial charge is 0.179 e. The minimum absolute atomic E-state index is 0.347. The van der Waals surface area contributed by atoms with Crippen molar-refractivity contribution in [2.24, 2.45) is 5.73 Å². The fourth-order valence-electron chi connectivity index (χ4n) is 1.09. The molecule has 2 N–H and O–H groups in total. The van der Waals surface area contributed by atoms with Crippen molar-refractivity contribution in [1.29, 1.82) is 5.26 Å². The molecule has 0 bridgehead atoms. The van der Waals surface area contributed by atoms with E-state index < -0.39 is 0 Å². The van der Waals surface area contributed by atoms with Crippen molar-refractivity contribution in [2.45, 2.75) is 0 Å². The quantitative estimate of drug-likeness (QED) is 0.846. The number of ether oxygens (including phenoxy) is 2. The van der Waals surface area contributed by atoms with Crippen LogP contribution in [0.15, 0.2) is 12.1 Å². The van der Waals surface area contributed by atoms with Gasteiger partial charge < -0.3 is 15.2 Å². The normalized spacial score (nSPS) is 9.47. The van der Waals surface area contributed by atoms with Gasteiger partial charge in [0, 0.05) is 12.6 Å². The molecule has 1 aromatic carbocycles. The summed E-state index contributed by atoms with van der Waals surface area (Å²) in [4.78, 5) is 0. The maximum absolute atomic E-state index is 8.72. The SMILES string of the molecule is COc1cc(C#N)cc(Cl)c1OCCN. The van der Waals surface area contributed by atoms with Crippen molar-refractivity contribution in [1.82, 2.24) is 0 Å². The van der Waals surface area contributed by atoms with Gasteiger partial charge in [-0.15, -0.1) is 0 Å². The van der Waals surface area contributed by atoms with Crippen LogP contribution in [0.25, 0.3) is 0 Å². The molecule has 1 aromatic rings. The molecule has 0 aliphatic carbocycles. The molecule has 4 nitrogen and oxygen atoms in total. The Morgan fingerprint density at radius 1 is 1.53 bits per heavy atom. The highest BCUT2D eigenvalue weighted by Crippen LogP contribution is 2.36. The van der Waals surface area contributed by atoms with Crippen LogP contribution in [-0.4, -0.2) is 20.3 Å². The van der Waals surface area contributed by atoms with E-state index in [0.717, 1.165) is 0 Å². The van der Waals surface area contributed by atoms with Crippen LogP contribution < -0.4 is 15.2 Å². The van der Waals surface area contributed by atoms with Gasteiger partial charge in [0.1, 0.15) is 6.61 Å². The van der Waals surface area contributed by atoms with Crippen LogP contribution in [0, 0.1) is 11.3 Å². The lowest BCUT2D eigenvalue weighted by molar-refractivity contribution is 0.302. The number of nitriles is 1. The van der Waals surface area contributed by atoms with Crippen LogP contribution in [0.2, 0.25) is 5.02 Å². The summed E-state index contributed by atoms with van der Waals surface area (Å²) in [5.74, 6) is 0.858. The molecule has 0 spiro atoms. The van der Waals surface area contributed by atoms with Crippen molar-refractivity contribution in [3.05, 3.63) is 22.7 Å². The van der Waals surface area contributed by atoms with Crippen LogP contribution in [0.5, 0.6) is 11.5 Å². The number of hydrogen-bond acceptors (Lipinski definition) is 4. The van der Waals surface area contributed by atoms with E-state index in [1.54, 1.807) is 6.07 Å². The average Bonchev–Trinajstić information content (AvgIpc) is 2.26. The molecule has 0 saturated heterocycles. The van der Waals surface area contributed by atoms with Gasteiger partial charge in [-0.25, -0.2) is 0 Å². The summed E-state index contributed by atoms with van der Waals surface area (Å²) >= 11 is 5.93.